The van der Waals surface area contributed by atoms with Crippen LogP contribution in [0.15, 0.2) is 18.2 Å². The largest absolute Gasteiger partial charge is 0.506 e. The zero-order chi connectivity index (χ0) is 11.0. The minimum absolute atomic E-state index is 0.0207. The van der Waals surface area contributed by atoms with Crippen molar-refractivity contribution in [2.75, 3.05) is 11.4 Å². The molecule has 0 spiro atoms. The van der Waals surface area contributed by atoms with E-state index in [9.17, 15) is 9.90 Å². The maximum absolute atomic E-state index is 11.6. The molecule has 0 bridgehead atoms. The number of carbonyl (C=O) groups excluding carboxylic acids is 1. The van der Waals surface area contributed by atoms with Crippen molar-refractivity contribution in [3.05, 3.63) is 23.2 Å². The molecule has 1 aromatic rings. The topological polar surface area (TPSA) is 40.5 Å². The summed E-state index contributed by atoms with van der Waals surface area (Å²) in [6.45, 7) is 0.525. The third-order valence-corrected chi connectivity index (χ3v) is 2.91. The Morgan fingerprint density at radius 2 is 2.27 bits per heavy atom. The van der Waals surface area contributed by atoms with Crippen molar-refractivity contribution in [1.82, 2.24) is 0 Å². The van der Waals surface area contributed by atoms with E-state index in [2.05, 4.69) is 12.6 Å². The normalized spacial score (nSPS) is 21.1. The SMILES string of the molecule is O=C1CC(S)CN1c1ccc(Cl)cc1O. The highest BCUT2D eigenvalue weighted by Crippen LogP contribution is 2.33. The second-order valence-electron chi connectivity index (χ2n) is 3.50. The van der Waals surface area contributed by atoms with Crippen LogP contribution in [0.25, 0.3) is 0 Å². The fourth-order valence-electron chi connectivity index (χ4n) is 1.65. The fourth-order valence-corrected chi connectivity index (χ4v) is 2.13. The summed E-state index contributed by atoms with van der Waals surface area (Å²) in [7, 11) is 0. The molecule has 0 aliphatic carbocycles. The summed E-state index contributed by atoms with van der Waals surface area (Å²) in [4.78, 5) is 13.1. The number of anilines is 1. The number of carbonyl (C=O) groups is 1. The first kappa shape index (κ1) is 10.6. The smallest absolute Gasteiger partial charge is 0.228 e. The molecule has 1 saturated heterocycles. The van der Waals surface area contributed by atoms with Crippen LogP contribution in [-0.4, -0.2) is 22.8 Å². The minimum atomic E-state index is -0.0207. The lowest BCUT2D eigenvalue weighted by atomic mass is 10.2. The van der Waals surface area contributed by atoms with E-state index in [1.54, 1.807) is 12.1 Å². The molecule has 1 aliphatic heterocycles. The second-order valence-corrected chi connectivity index (χ2v) is 4.66. The lowest BCUT2D eigenvalue weighted by Gasteiger charge is -2.17. The van der Waals surface area contributed by atoms with Gasteiger partial charge < -0.3 is 10.0 Å². The summed E-state index contributed by atoms with van der Waals surface area (Å²) >= 11 is 9.96. The molecule has 15 heavy (non-hydrogen) atoms. The van der Waals surface area contributed by atoms with Gasteiger partial charge in [0.25, 0.3) is 0 Å². The molecule has 1 amide bonds. The molecule has 1 heterocycles. The van der Waals surface area contributed by atoms with Gasteiger partial charge in [0, 0.05) is 29.3 Å². The number of amides is 1. The van der Waals surface area contributed by atoms with Crippen molar-refractivity contribution in [1.29, 1.82) is 0 Å². The number of aromatic hydroxyl groups is 1. The van der Waals surface area contributed by atoms with Crippen LogP contribution in [0.1, 0.15) is 6.42 Å². The van der Waals surface area contributed by atoms with E-state index in [-0.39, 0.29) is 16.9 Å². The van der Waals surface area contributed by atoms with E-state index < -0.39 is 0 Å². The standard InChI is InChI=1S/C10H10ClNO2S/c11-6-1-2-8(9(13)3-6)12-5-7(15)4-10(12)14/h1-3,7,13,15H,4-5H2. The van der Waals surface area contributed by atoms with Gasteiger partial charge in [0.1, 0.15) is 5.75 Å². The van der Waals surface area contributed by atoms with E-state index >= 15 is 0 Å². The average Bonchev–Trinajstić information content (AvgIpc) is 2.45. The van der Waals surface area contributed by atoms with Crippen molar-refractivity contribution in [3.8, 4) is 5.75 Å². The van der Waals surface area contributed by atoms with Crippen molar-refractivity contribution >= 4 is 35.8 Å². The number of phenols is 1. The molecule has 3 nitrogen and oxygen atoms in total. The molecule has 1 N–H and O–H groups in total. The van der Waals surface area contributed by atoms with Gasteiger partial charge in [0.15, 0.2) is 0 Å². The Balaban J connectivity index is 2.34. The monoisotopic (exact) mass is 243 g/mol. The number of phenolic OH excluding ortho intramolecular Hbond substituents is 1. The van der Waals surface area contributed by atoms with Gasteiger partial charge in [-0.2, -0.15) is 12.6 Å². The number of benzene rings is 1. The lowest BCUT2D eigenvalue weighted by Crippen LogP contribution is -2.24. The molecule has 1 fully saturated rings. The van der Waals surface area contributed by atoms with Crippen molar-refractivity contribution in [3.63, 3.8) is 0 Å². The Kier molecular flexibility index (Phi) is 2.80. The van der Waals surface area contributed by atoms with Crippen LogP contribution in [0, 0.1) is 0 Å². The molecular weight excluding hydrogens is 234 g/mol. The summed E-state index contributed by atoms with van der Waals surface area (Å²) in [5.41, 5.74) is 0.501. The number of hydrogen-bond acceptors (Lipinski definition) is 3. The highest BCUT2D eigenvalue weighted by atomic mass is 35.5. The first-order chi connectivity index (χ1) is 7.08. The molecule has 0 radical (unpaired) electrons. The Labute approximate surface area is 98.1 Å². The van der Waals surface area contributed by atoms with Gasteiger partial charge in [0.2, 0.25) is 5.91 Å². The number of thiol groups is 1. The molecule has 80 valence electrons. The number of hydrogen-bond donors (Lipinski definition) is 2. The van der Waals surface area contributed by atoms with Crippen LogP contribution in [0.3, 0.4) is 0 Å². The van der Waals surface area contributed by atoms with E-state index in [4.69, 9.17) is 11.6 Å². The Morgan fingerprint density at radius 3 is 2.80 bits per heavy atom. The van der Waals surface area contributed by atoms with E-state index in [1.807, 2.05) is 0 Å². The van der Waals surface area contributed by atoms with Gasteiger partial charge in [-0.15, -0.1) is 0 Å². The summed E-state index contributed by atoms with van der Waals surface area (Å²) in [6, 6.07) is 4.72. The van der Waals surface area contributed by atoms with Gasteiger partial charge in [-0.3, -0.25) is 4.79 Å². The summed E-state index contributed by atoms with van der Waals surface area (Å²) < 4.78 is 0. The summed E-state index contributed by atoms with van der Waals surface area (Å²) in [5, 5.41) is 10.1. The second kappa shape index (κ2) is 3.94. The molecule has 0 aromatic heterocycles. The zero-order valence-electron chi connectivity index (χ0n) is 7.85. The predicted molar refractivity (Wildman–Crippen MR) is 62.9 cm³/mol. The summed E-state index contributed by atoms with van der Waals surface area (Å²) in [6.07, 6.45) is 0.408. The van der Waals surface area contributed by atoms with Crippen LogP contribution >= 0.6 is 24.2 Å². The van der Waals surface area contributed by atoms with E-state index in [1.165, 1.54) is 11.0 Å². The van der Waals surface area contributed by atoms with Gasteiger partial charge in [-0.1, -0.05) is 11.6 Å². The van der Waals surface area contributed by atoms with Crippen molar-refractivity contribution in [2.45, 2.75) is 11.7 Å². The highest BCUT2D eigenvalue weighted by molar-refractivity contribution is 7.81. The quantitative estimate of drug-likeness (QED) is 0.742. The molecule has 2 rings (SSSR count). The maximum atomic E-state index is 11.6. The van der Waals surface area contributed by atoms with Crippen LogP contribution in [-0.2, 0) is 4.79 Å². The first-order valence-corrected chi connectivity index (χ1v) is 5.44. The maximum Gasteiger partial charge on any atom is 0.228 e. The first-order valence-electron chi connectivity index (χ1n) is 4.55. The van der Waals surface area contributed by atoms with Gasteiger partial charge in [-0.05, 0) is 12.1 Å². The molecule has 1 atom stereocenters. The Hall–Kier alpha value is -0.870. The van der Waals surface area contributed by atoms with E-state index in [0.29, 0.717) is 23.7 Å². The Morgan fingerprint density at radius 1 is 1.53 bits per heavy atom. The van der Waals surface area contributed by atoms with Crippen LogP contribution in [0.5, 0.6) is 5.75 Å². The average molecular weight is 244 g/mol. The number of nitrogens with zero attached hydrogens (tertiary/aromatic N) is 1. The van der Waals surface area contributed by atoms with Gasteiger partial charge in [-0.25, -0.2) is 0 Å². The molecule has 1 unspecified atom stereocenters. The van der Waals surface area contributed by atoms with Crippen molar-refractivity contribution < 1.29 is 9.90 Å². The van der Waals surface area contributed by atoms with Crippen LogP contribution < -0.4 is 4.90 Å². The Bertz CT molecular complexity index is 410. The third-order valence-electron chi connectivity index (χ3n) is 2.33. The molecule has 1 aliphatic rings. The van der Waals surface area contributed by atoms with Gasteiger partial charge >= 0.3 is 0 Å². The number of rotatable bonds is 1. The zero-order valence-corrected chi connectivity index (χ0v) is 9.50. The molecular formula is C10H10ClNO2S. The molecule has 5 heteroatoms. The third kappa shape index (κ3) is 2.06. The molecule has 1 aromatic carbocycles. The lowest BCUT2D eigenvalue weighted by molar-refractivity contribution is -0.117. The van der Waals surface area contributed by atoms with Crippen LogP contribution in [0.4, 0.5) is 5.69 Å². The highest BCUT2D eigenvalue weighted by Gasteiger charge is 2.29. The number of halogens is 1. The van der Waals surface area contributed by atoms with E-state index in [0.717, 1.165) is 0 Å². The summed E-state index contributed by atoms with van der Waals surface area (Å²) in [5.74, 6) is 0.00547. The minimum Gasteiger partial charge on any atom is -0.506 e. The molecule has 0 saturated carbocycles. The van der Waals surface area contributed by atoms with Crippen LogP contribution in [0.2, 0.25) is 5.02 Å². The van der Waals surface area contributed by atoms with Crippen molar-refractivity contribution in [2.24, 2.45) is 0 Å². The fraction of sp³-hybridized carbons (Fsp3) is 0.300. The van der Waals surface area contributed by atoms with Gasteiger partial charge in [0.05, 0.1) is 5.69 Å². The predicted octanol–water partition coefficient (Wildman–Crippen LogP) is 2.08.